The van der Waals surface area contributed by atoms with Crippen LogP contribution in [0.1, 0.15) is 32.9 Å². The van der Waals surface area contributed by atoms with Gasteiger partial charge in [-0.25, -0.2) is 18.7 Å². The number of halogens is 8. The Kier molecular flexibility index (Phi) is 5.56. The van der Waals surface area contributed by atoms with Gasteiger partial charge in [0.15, 0.2) is 6.10 Å². The van der Waals surface area contributed by atoms with Crippen LogP contribution in [0.15, 0.2) is 42.6 Å². The summed E-state index contributed by atoms with van der Waals surface area (Å²) in [4.78, 5) is 19.6. The van der Waals surface area contributed by atoms with Gasteiger partial charge in [0.05, 0.1) is 11.8 Å². The molecule has 0 radical (unpaired) electrons. The number of aryl methyl sites for hydroxylation is 1. The molecule has 15 heteroatoms. The average Bonchev–Trinajstić information content (AvgIpc) is 3.24. The lowest BCUT2D eigenvalue weighted by molar-refractivity contribution is -0.142. The minimum absolute atomic E-state index is 0.152. The third-order valence-electron chi connectivity index (χ3n) is 5.28. The molecule has 7 nitrogen and oxygen atoms in total. The smallest absolute Gasteiger partial charge is 0.382 e. The van der Waals surface area contributed by atoms with Crippen LogP contribution in [0, 0.1) is 18.5 Å². The molecule has 1 atom stereocenters. The van der Waals surface area contributed by atoms with E-state index in [-0.39, 0.29) is 16.2 Å². The van der Waals surface area contributed by atoms with Crippen molar-refractivity contribution in [3.63, 3.8) is 0 Å². The zero-order valence-electron chi connectivity index (χ0n) is 21.4. The first-order chi connectivity index (χ1) is 18.8. The number of aliphatic hydroxyl groups is 1. The monoisotopic (exact) mass is 548 g/mol. The molecule has 4 aromatic rings. The Morgan fingerprint density at radius 2 is 1.82 bits per heavy atom. The number of aliphatic hydroxyl groups excluding tert-OH is 1. The van der Waals surface area contributed by atoms with Crippen LogP contribution < -0.4 is 11.1 Å². The summed E-state index contributed by atoms with van der Waals surface area (Å²) in [5.74, 6) is -5.71. The quantitative estimate of drug-likeness (QED) is 0.301. The fourth-order valence-corrected chi connectivity index (χ4v) is 3.61. The molecule has 2 heterocycles. The van der Waals surface area contributed by atoms with Crippen molar-refractivity contribution in [1.29, 1.82) is 0 Å². The van der Waals surface area contributed by atoms with E-state index in [2.05, 4.69) is 9.97 Å². The number of carbonyl (C=O) groups is 1. The number of nitrogens with one attached hydrogen (secondary N) is 1. The zero-order chi connectivity index (χ0) is 30.7. The maximum atomic E-state index is 15.2. The second-order valence-corrected chi connectivity index (χ2v) is 7.85. The normalized spacial score (nSPS) is 14.6. The summed E-state index contributed by atoms with van der Waals surface area (Å²) in [5, 5.41) is 12.2. The first-order valence-corrected chi connectivity index (χ1v) is 10.2. The second-order valence-electron chi connectivity index (χ2n) is 7.85. The molecule has 0 saturated heterocycles. The van der Waals surface area contributed by atoms with Gasteiger partial charge >= 0.3 is 12.4 Å². The number of nitrogens with two attached hydrogens (primary N) is 1. The van der Waals surface area contributed by atoms with Crippen LogP contribution in [-0.4, -0.2) is 25.4 Å². The van der Waals surface area contributed by atoms with Gasteiger partial charge in [-0.1, -0.05) is 0 Å². The van der Waals surface area contributed by atoms with Crippen LogP contribution in [0.3, 0.4) is 0 Å². The SMILES string of the molecule is [2H]C([2H])([2H])c1nc(-c2ccc(NC(=O)C(O)c3cc(F)cc(C(F)(F)F)c3)cc2F)c2c(N)ncc(C(F)(F)F)n12. The molecule has 0 bridgehead atoms. The molecule has 0 aliphatic carbocycles. The van der Waals surface area contributed by atoms with E-state index < -0.39 is 88.1 Å². The van der Waals surface area contributed by atoms with Gasteiger partial charge < -0.3 is 16.2 Å². The largest absolute Gasteiger partial charge is 0.433 e. The van der Waals surface area contributed by atoms with Crippen molar-refractivity contribution in [2.45, 2.75) is 25.3 Å². The van der Waals surface area contributed by atoms with Crippen molar-refractivity contribution in [2.75, 3.05) is 11.1 Å². The fourth-order valence-electron chi connectivity index (χ4n) is 3.61. The van der Waals surface area contributed by atoms with Crippen molar-refractivity contribution in [3.8, 4) is 11.3 Å². The van der Waals surface area contributed by atoms with E-state index in [1.807, 2.05) is 5.32 Å². The van der Waals surface area contributed by atoms with Crippen molar-refractivity contribution in [3.05, 3.63) is 76.9 Å². The Hall–Kier alpha value is -4.27. The molecule has 2 aromatic carbocycles. The molecule has 4 N–H and O–H groups in total. The van der Waals surface area contributed by atoms with Crippen molar-refractivity contribution in [1.82, 2.24) is 14.4 Å². The zero-order valence-corrected chi connectivity index (χ0v) is 18.4. The van der Waals surface area contributed by atoms with E-state index in [1.165, 1.54) is 0 Å². The van der Waals surface area contributed by atoms with E-state index in [4.69, 9.17) is 9.85 Å². The number of hydrogen-bond acceptors (Lipinski definition) is 5. The summed E-state index contributed by atoms with van der Waals surface area (Å²) >= 11 is 0. The van der Waals surface area contributed by atoms with Gasteiger partial charge in [-0.15, -0.1) is 0 Å². The van der Waals surface area contributed by atoms with Gasteiger partial charge in [-0.2, -0.15) is 26.3 Å². The highest BCUT2D eigenvalue weighted by molar-refractivity contribution is 5.95. The molecule has 0 aliphatic rings. The molecule has 1 amide bonds. The third-order valence-corrected chi connectivity index (χ3v) is 5.28. The van der Waals surface area contributed by atoms with Crippen molar-refractivity contribution >= 4 is 22.9 Å². The number of hydrogen-bond donors (Lipinski definition) is 3. The molecule has 0 fully saturated rings. The average molecular weight is 548 g/mol. The number of rotatable bonds is 4. The molecule has 4 rings (SSSR count). The fraction of sp³-hybridized carbons (Fsp3) is 0.174. The highest BCUT2D eigenvalue weighted by Crippen LogP contribution is 2.37. The van der Waals surface area contributed by atoms with Crippen molar-refractivity contribution < 1.29 is 49.1 Å². The van der Waals surface area contributed by atoms with Crippen LogP contribution in [0.4, 0.5) is 46.6 Å². The number of anilines is 2. The molecule has 38 heavy (non-hydrogen) atoms. The van der Waals surface area contributed by atoms with Gasteiger partial charge in [0.1, 0.15) is 40.2 Å². The predicted molar refractivity (Wildman–Crippen MR) is 118 cm³/mol. The maximum absolute atomic E-state index is 15.2. The summed E-state index contributed by atoms with van der Waals surface area (Å²) in [6.45, 7) is -3.21. The Morgan fingerprint density at radius 1 is 1.11 bits per heavy atom. The van der Waals surface area contributed by atoms with Gasteiger partial charge in [0.2, 0.25) is 0 Å². The van der Waals surface area contributed by atoms with Gasteiger partial charge in [-0.3, -0.25) is 9.20 Å². The number of carbonyl (C=O) groups excluding carboxylic acids is 1. The standard InChI is InChI=1S/C23H15F8N5O2/c1-9-34-17(18-20(32)33-8-16(36(9)18)23(29,30)31)14-3-2-13(7-15(14)25)35-21(38)19(37)10-4-11(22(26,27)28)6-12(24)5-10/h2-8,19,37H,1H3,(H2,32,33)(H,35,38)/i1D3. The Morgan fingerprint density at radius 3 is 2.42 bits per heavy atom. The molecule has 1 unspecified atom stereocenters. The molecular weight excluding hydrogens is 530 g/mol. The minimum Gasteiger partial charge on any atom is -0.382 e. The molecule has 0 aliphatic heterocycles. The number of aromatic nitrogens is 3. The topological polar surface area (TPSA) is 106 Å². The number of alkyl halides is 6. The van der Waals surface area contributed by atoms with Crippen LogP contribution in [0.2, 0.25) is 0 Å². The van der Waals surface area contributed by atoms with E-state index in [0.29, 0.717) is 24.4 Å². The summed E-state index contributed by atoms with van der Waals surface area (Å²) in [5.41, 5.74) is -0.274. The van der Waals surface area contributed by atoms with E-state index >= 15 is 4.39 Å². The highest BCUT2D eigenvalue weighted by atomic mass is 19.4. The molecule has 0 saturated carbocycles. The Balaban J connectivity index is 1.73. The first kappa shape index (κ1) is 22.9. The highest BCUT2D eigenvalue weighted by Gasteiger charge is 2.36. The number of imidazole rings is 1. The molecule has 0 spiro atoms. The number of fused-ring (bicyclic) bond motifs is 1. The lowest BCUT2D eigenvalue weighted by Crippen LogP contribution is -2.21. The second kappa shape index (κ2) is 9.24. The van der Waals surface area contributed by atoms with Gasteiger partial charge in [-0.05, 0) is 48.8 Å². The molecule has 2 aromatic heterocycles. The lowest BCUT2D eigenvalue weighted by Gasteiger charge is -2.15. The van der Waals surface area contributed by atoms with Crippen molar-refractivity contribution in [2.24, 2.45) is 0 Å². The van der Waals surface area contributed by atoms with E-state index in [9.17, 15) is 40.6 Å². The van der Waals surface area contributed by atoms with Crippen LogP contribution in [0.5, 0.6) is 0 Å². The molecule has 200 valence electrons. The number of benzene rings is 2. The summed E-state index contributed by atoms with van der Waals surface area (Å²) in [7, 11) is 0. The third kappa shape index (κ3) is 4.96. The Labute approximate surface area is 211 Å². The van der Waals surface area contributed by atoms with Gasteiger partial charge in [0.25, 0.3) is 5.91 Å². The number of nitrogen functional groups attached to an aromatic ring is 1. The minimum atomic E-state index is -5.10. The maximum Gasteiger partial charge on any atom is 0.433 e. The number of nitrogens with zero attached hydrogens (tertiary/aromatic N) is 3. The summed E-state index contributed by atoms with van der Waals surface area (Å²) < 4.78 is 132. The van der Waals surface area contributed by atoms with E-state index in [0.717, 1.165) is 12.1 Å². The van der Waals surface area contributed by atoms with Gasteiger partial charge in [0, 0.05) is 15.4 Å². The first-order valence-electron chi connectivity index (χ1n) is 11.7. The van der Waals surface area contributed by atoms with Crippen LogP contribution in [0.25, 0.3) is 16.8 Å². The predicted octanol–water partition coefficient (Wildman–Crippen LogP) is 5.27. The summed E-state index contributed by atoms with van der Waals surface area (Å²) in [6, 6.07) is 3.48. The van der Waals surface area contributed by atoms with E-state index in [1.54, 1.807) is 0 Å². The number of amides is 1. The Bertz CT molecular complexity index is 1670. The summed E-state index contributed by atoms with van der Waals surface area (Å²) in [6.07, 6.45) is -12.1. The van der Waals surface area contributed by atoms with Crippen LogP contribution >= 0.6 is 0 Å². The lowest BCUT2D eigenvalue weighted by atomic mass is 10.0. The van der Waals surface area contributed by atoms with Crippen LogP contribution in [-0.2, 0) is 17.1 Å². The molecular formula is C23H15F8N5O2.